The smallest absolute Gasteiger partial charge is 0.328 e. The molecule has 0 radical (unpaired) electrons. The molecular formula is C13H13N3O3. The molecule has 2 rings (SSSR count). The lowest BCUT2D eigenvalue weighted by molar-refractivity contribution is -0.142. The average Bonchev–Trinajstić information content (AvgIpc) is 2.45. The summed E-state index contributed by atoms with van der Waals surface area (Å²) in [5, 5.41) is 2.56. The van der Waals surface area contributed by atoms with E-state index < -0.39 is 12.0 Å². The lowest BCUT2D eigenvalue weighted by Gasteiger charge is -2.12. The van der Waals surface area contributed by atoms with Crippen LogP contribution in [0, 0.1) is 0 Å². The molecule has 0 fully saturated rings. The molecule has 6 heteroatoms. The number of ether oxygens (including phenoxy) is 1. The Balaban J connectivity index is 2.29. The summed E-state index contributed by atoms with van der Waals surface area (Å²) in [6.07, 6.45) is 3.07. The van der Waals surface area contributed by atoms with Crippen molar-refractivity contribution in [2.75, 3.05) is 7.11 Å². The van der Waals surface area contributed by atoms with E-state index >= 15 is 0 Å². The van der Waals surface area contributed by atoms with E-state index in [-0.39, 0.29) is 5.91 Å². The van der Waals surface area contributed by atoms with Gasteiger partial charge in [0.2, 0.25) is 0 Å². The second-order valence-electron chi connectivity index (χ2n) is 3.95. The van der Waals surface area contributed by atoms with Crippen molar-refractivity contribution >= 4 is 22.9 Å². The van der Waals surface area contributed by atoms with Gasteiger partial charge in [-0.2, -0.15) is 0 Å². The van der Waals surface area contributed by atoms with Gasteiger partial charge in [0, 0.05) is 12.4 Å². The third-order valence-corrected chi connectivity index (χ3v) is 2.65. The summed E-state index contributed by atoms with van der Waals surface area (Å²) in [6, 6.07) is 4.40. The number of esters is 1. The zero-order chi connectivity index (χ0) is 13.8. The number of para-hydroxylation sites is 1. The fourth-order valence-corrected chi connectivity index (χ4v) is 1.69. The van der Waals surface area contributed by atoms with Crippen LogP contribution in [0.2, 0.25) is 0 Å². The average molecular weight is 259 g/mol. The molecule has 1 aromatic heterocycles. The molecule has 1 amide bonds. The summed E-state index contributed by atoms with van der Waals surface area (Å²) in [5.41, 5.74) is 1.50. The predicted octanol–water partition coefficient (Wildman–Crippen LogP) is 0.921. The molecule has 6 nitrogen and oxygen atoms in total. The number of hydrogen-bond donors (Lipinski definition) is 1. The molecule has 1 heterocycles. The quantitative estimate of drug-likeness (QED) is 0.829. The first-order chi connectivity index (χ1) is 9.13. The molecule has 1 N–H and O–H groups in total. The second-order valence-corrected chi connectivity index (χ2v) is 3.95. The van der Waals surface area contributed by atoms with E-state index in [0.717, 1.165) is 0 Å². The SMILES string of the molecule is COC(=O)C(C)NC(=O)c1cccc2nccnc12. The largest absolute Gasteiger partial charge is 0.467 e. The van der Waals surface area contributed by atoms with Crippen LogP contribution in [0.4, 0.5) is 0 Å². The van der Waals surface area contributed by atoms with Crippen LogP contribution >= 0.6 is 0 Å². The van der Waals surface area contributed by atoms with E-state index in [2.05, 4.69) is 20.0 Å². The number of nitrogens with zero attached hydrogens (tertiary/aromatic N) is 2. The summed E-state index contributed by atoms with van der Waals surface area (Å²) in [6.45, 7) is 1.56. The molecule has 19 heavy (non-hydrogen) atoms. The zero-order valence-corrected chi connectivity index (χ0v) is 10.6. The third kappa shape index (κ3) is 2.67. The van der Waals surface area contributed by atoms with E-state index in [1.54, 1.807) is 31.3 Å². The lowest BCUT2D eigenvalue weighted by Crippen LogP contribution is -2.39. The molecule has 0 bridgehead atoms. The van der Waals surface area contributed by atoms with Crippen LogP contribution in [0.25, 0.3) is 11.0 Å². The molecule has 0 saturated carbocycles. The van der Waals surface area contributed by atoms with Crippen molar-refractivity contribution in [1.82, 2.24) is 15.3 Å². The fraction of sp³-hybridized carbons (Fsp3) is 0.231. The molecule has 0 saturated heterocycles. The van der Waals surface area contributed by atoms with Gasteiger partial charge in [-0.05, 0) is 19.1 Å². The maximum atomic E-state index is 12.1. The van der Waals surface area contributed by atoms with Crippen molar-refractivity contribution in [3.63, 3.8) is 0 Å². The molecule has 1 aromatic carbocycles. The predicted molar refractivity (Wildman–Crippen MR) is 68.5 cm³/mol. The maximum Gasteiger partial charge on any atom is 0.328 e. The van der Waals surface area contributed by atoms with Crippen molar-refractivity contribution in [3.05, 3.63) is 36.2 Å². The van der Waals surface area contributed by atoms with E-state index in [4.69, 9.17) is 0 Å². The van der Waals surface area contributed by atoms with Crippen LogP contribution < -0.4 is 5.32 Å². The number of rotatable bonds is 3. The van der Waals surface area contributed by atoms with Gasteiger partial charge in [0.05, 0.1) is 18.2 Å². The first kappa shape index (κ1) is 12.9. The number of carbonyl (C=O) groups excluding carboxylic acids is 2. The molecule has 0 aliphatic carbocycles. The number of fused-ring (bicyclic) bond motifs is 1. The van der Waals surface area contributed by atoms with Crippen LogP contribution in [0.5, 0.6) is 0 Å². The molecule has 0 spiro atoms. The molecule has 98 valence electrons. The van der Waals surface area contributed by atoms with Gasteiger partial charge in [-0.3, -0.25) is 14.8 Å². The number of methoxy groups -OCH3 is 1. The highest BCUT2D eigenvalue weighted by molar-refractivity contribution is 6.05. The van der Waals surface area contributed by atoms with E-state index in [0.29, 0.717) is 16.6 Å². The minimum absolute atomic E-state index is 0.376. The Bertz CT molecular complexity index is 622. The van der Waals surface area contributed by atoms with E-state index in [1.807, 2.05) is 0 Å². The van der Waals surface area contributed by atoms with Gasteiger partial charge in [0.15, 0.2) is 0 Å². The Morgan fingerprint density at radius 1 is 1.26 bits per heavy atom. The van der Waals surface area contributed by atoms with Gasteiger partial charge in [0.1, 0.15) is 11.6 Å². The number of aromatic nitrogens is 2. The Morgan fingerprint density at radius 3 is 2.74 bits per heavy atom. The maximum absolute atomic E-state index is 12.1. The summed E-state index contributed by atoms with van der Waals surface area (Å²) in [7, 11) is 1.27. The summed E-state index contributed by atoms with van der Waals surface area (Å²) in [4.78, 5) is 31.6. The van der Waals surface area contributed by atoms with Crippen molar-refractivity contribution in [3.8, 4) is 0 Å². The summed E-state index contributed by atoms with van der Waals surface area (Å²) < 4.78 is 4.55. The Morgan fingerprint density at radius 2 is 2.00 bits per heavy atom. The Hall–Kier alpha value is -2.50. The van der Waals surface area contributed by atoms with Crippen molar-refractivity contribution in [2.45, 2.75) is 13.0 Å². The number of hydrogen-bond acceptors (Lipinski definition) is 5. The monoisotopic (exact) mass is 259 g/mol. The van der Waals surface area contributed by atoms with Crippen LogP contribution in [0.1, 0.15) is 17.3 Å². The molecule has 2 aromatic rings. The highest BCUT2D eigenvalue weighted by atomic mass is 16.5. The standard InChI is InChI=1S/C13H13N3O3/c1-8(13(18)19-2)16-12(17)9-4-3-5-10-11(9)15-7-6-14-10/h3-8H,1-2H3,(H,16,17). The third-order valence-electron chi connectivity index (χ3n) is 2.65. The highest BCUT2D eigenvalue weighted by Crippen LogP contribution is 2.13. The van der Waals surface area contributed by atoms with Gasteiger partial charge in [-0.25, -0.2) is 4.79 Å². The van der Waals surface area contributed by atoms with Crippen molar-refractivity contribution < 1.29 is 14.3 Å². The fourth-order valence-electron chi connectivity index (χ4n) is 1.69. The van der Waals surface area contributed by atoms with Gasteiger partial charge < -0.3 is 10.1 Å². The Labute approximate surface area is 109 Å². The normalized spacial score (nSPS) is 11.9. The Kier molecular flexibility index (Phi) is 3.70. The lowest BCUT2D eigenvalue weighted by atomic mass is 10.1. The first-order valence-corrected chi connectivity index (χ1v) is 5.72. The number of nitrogens with one attached hydrogen (secondary N) is 1. The van der Waals surface area contributed by atoms with Crippen LogP contribution in [0.3, 0.4) is 0 Å². The van der Waals surface area contributed by atoms with Crippen molar-refractivity contribution in [1.29, 1.82) is 0 Å². The molecule has 1 atom stereocenters. The minimum Gasteiger partial charge on any atom is -0.467 e. The molecular weight excluding hydrogens is 246 g/mol. The number of amides is 1. The highest BCUT2D eigenvalue weighted by Gasteiger charge is 2.18. The van der Waals surface area contributed by atoms with Gasteiger partial charge >= 0.3 is 5.97 Å². The van der Waals surface area contributed by atoms with Crippen molar-refractivity contribution in [2.24, 2.45) is 0 Å². The van der Waals surface area contributed by atoms with E-state index in [9.17, 15) is 9.59 Å². The van der Waals surface area contributed by atoms with Gasteiger partial charge in [0.25, 0.3) is 5.91 Å². The van der Waals surface area contributed by atoms with Crippen LogP contribution in [-0.4, -0.2) is 35.0 Å². The number of carbonyl (C=O) groups is 2. The summed E-state index contributed by atoms with van der Waals surface area (Å²) in [5.74, 6) is -0.885. The molecule has 1 unspecified atom stereocenters. The van der Waals surface area contributed by atoms with Crippen LogP contribution in [-0.2, 0) is 9.53 Å². The van der Waals surface area contributed by atoms with Gasteiger partial charge in [-0.1, -0.05) is 6.07 Å². The molecule has 0 aliphatic heterocycles. The summed E-state index contributed by atoms with van der Waals surface area (Å²) >= 11 is 0. The molecule has 0 aliphatic rings. The van der Waals surface area contributed by atoms with E-state index in [1.165, 1.54) is 13.3 Å². The topological polar surface area (TPSA) is 81.2 Å². The zero-order valence-electron chi connectivity index (χ0n) is 10.6. The second kappa shape index (κ2) is 5.43. The first-order valence-electron chi connectivity index (χ1n) is 5.72. The minimum atomic E-state index is -0.718. The van der Waals surface area contributed by atoms with Crippen LogP contribution in [0.15, 0.2) is 30.6 Å². The number of benzene rings is 1. The van der Waals surface area contributed by atoms with Gasteiger partial charge in [-0.15, -0.1) is 0 Å².